The minimum Gasteiger partial charge on any atom is -0.324 e. The number of H-pyrrole nitrogens is 2. The summed E-state index contributed by atoms with van der Waals surface area (Å²) < 4.78 is 38.5. The number of hydrogen-bond acceptors (Lipinski definition) is 4. The molecule has 0 atom stereocenters. The molecule has 2 heterocycles. The van der Waals surface area contributed by atoms with E-state index in [1.165, 1.54) is 18.3 Å². The third kappa shape index (κ3) is 3.52. The lowest BCUT2D eigenvalue weighted by atomic mass is 10.1. The summed E-state index contributed by atoms with van der Waals surface area (Å²) in [5.41, 5.74) is 1.74. The van der Waals surface area contributed by atoms with Gasteiger partial charge in [0.05, 0.1) is 22.3 Å². The molecule has 0 bridgehead atoms. The Morgan fingerprint density at radius 3 is 2.59 bits per heavy atom. The fourth-order valence-corrected chi connectivity index (χ4v) is 2.67. The van der Waals surface area contributed by atoms with Crippen molar-refractivity contribution in [2.45, 2.75) is 6.18 Å². The maximum Gasteiger partial charge on any atom is 0.416 e. The first-order chi connectivity index (χ1) is 12.9. The average molecular weight is 371 g/mol. The van der Waals surface area contributed by atoms with Gasteiger partial charge in [-0.05, 0) is 36.4 Å². The molecular weight excluding hydrogens is 359 g/mol. The Hall–Kier alpha value is -3.62. The fourth-order valence-electron chi connectivity index (χ4n) is 2.67. The van der Waals surface area contributed by atoms with E-state index < -0.39 is 11.7 Å². The highest BCUT2D eigenvalue weighted by atomic mass is 19.4. The number of fused-ring (bicyclic) bond motifs is 1. The number of rotatable bonds is 3. The summed E-state index contributed by atoms with van der Waals surface area (Å²) in [7, 11) is 0. The molecule has 2 aromatic carbocycles. The smallest absolute Gasteiger partial charge is 0.324 e. The highest BCUT2D eigenvalue weighted by Crippen LogP contribution is 2.31. The quantitative estimate of drug-likeness (QED) is 0.507. The van der Waals surface area contributed by atoms with E-state index in [2.05, 4.69) is 25.3 Å². The number of nitrogens with zero attached hydrogens (tertiary/aromatic N) is 2. The van der Waals surface area contributed by atoms with Crippen molar-refractivity contribution in [1.82, 2.24) is 19.9 Å². The number of hydrogen-bond donors (Lipinski definition) is 3. The Bertz CT molecular complexity index is 1180. The van der Waals surface area contributed by atoms with Crippen molar-refractivity contribution >= 4 is 22.7 Å². The third-order valence-electron chi connectivity index (χ3n) is 3.91. The molecule has 27 heavy (non-hydrogen) atoms. The first-order valence-electron chi connectivity index (χ1n) is 7.88. The maximum absolute atomic E-state index is 12.8. The van der Waals surface area contributed by atoms with E-state index in [9.17, 15) is 18.0 Å². The van der Waals surface area contributed by atoms with Gasteiger partial charge < -0.3 is 15.3 Å². The van der Waals surface area contributed by atoms with Crippen molar-refractivity contribution in [1.29, 1.82) is 0 Å². The lowest BCUT2D eigenvalue weighted by molar-refractivity contribution is -0.137. The van der Waals surface area contributed by atoms with Crippen LogP contribution in [-0.2, 0) is 6.18 Å². The lowest BCUT2D eigenvalue weighted by Crippen LogP contribution is -2.05. The van der Waals surface area contributed by atoms with Gasteiger partial charge in [-0.15, -0.1) is 0 Å². The zero-order valence-electron chi connectivity index (χ0n) is 13.6. The van der Waals surface area contributed by atoms with Gasteiger partial charge in [0.25, 0.3) is 0 Å². The van der Waals surface area contributed by atoms with Crippen LogP contribution in [0.3, 0.4) is 0 Å². The molecule has 4 aromatic rings. The molecule has 3 N–H and O–H groups in total. The minimum atomic E-state index is -4.43. The van der Waals surface area contributed by atoms with E-state index >= 15 is 0 Å². The third-order valence-corrected chi connectivity index (χ3v) is 3.91. The van der Waals surface area contributed by atoms with Crippen molar-refractivity contribution in [2.75, 3.05) is 5.32 Å². The molecule has 9 heteroatoms. The number of anilines is 2. The van der Waals surface area contributed by atoms with Gasteiger partial charge in [0.2, 0.25) is 5.95 Å². The van der Waals surface area contributed by atoms with Crippen molar-refractivity contribution in [2.24, 2.45) is 0 Å². The van der Waals surface area contributed by atoms with Crippen molar-refractivity contribution in [3.8, 4) is 11.3 Å². The summed E-state index contributed by atoms with van der Waals surface area (Å²) in [5, 5.41) is 2.78. The summed E-state index contributed by atoms with van der Waals surface area (Å²) in [6.45, 7) is 0. The van der Waals surface area contributed by atoms with Gasteiger partial charge in [0, 0.05) is 17.4 Å². The van der Waals surface area contributed by atoms with E-state index in [-0.39, 0.29) is 17.3 Å². The van der Waals surface area contributed by atoms with Crippen molar-refractivity contribution < 1.29 is 13.2 Å². The monoisotopic (exact) mass is 371 g/mol. The molecule has 6 nitrogen and oxygen atoms in total. The van der Waals surface area contributed by atoms with Crippen LogP contribution in [0.25, 0.3) is 22.3 Å². The van der Waals surface area contributed by atoms with Gasteiger partial charge in [0.1, 0.15) is 0 Å². The van der Waals surface area contributed by atoms with Crippen LogP contribution in [0.5, 0.6) is 0 Å². The summed E-state index contributed by atoms with van der Waals surface area (Å²) in [6.07, 6.45) is -2.92. The van der Waals surface area contributed by atoms with Gasteiger partial charge in [-0.25, -0.2) is 14.8 Å². The Morgan fingerprint density at radius 2 is 1.78 bits per heavy atom. The van der Waals surface area contributed by atoms with E-state index in [1.807, 2.05) is 0 Å². The second-order valence-corrected chi connectivity index (χ2v) is 5.81. The molecule has 0 spiro atoms. The number of alkyl halides is 3. The number of aromatic amines is 2. The Kier molecular flexibility index (Phi) is 3.91. The Balaban J connectivity index is 1.65. The average Bonchev–Trinajstić information content (AvgIpc) is 3.00. The fraction of sp³-hybridized carbons (Fsp3) is 0.0556. The Labute approximate surface area is 150 Å². The predicted octanol–water partition coefficient (Wildman–Crippen LogP) is 4.08. The van der Waals surface area contributed by atoms with Crippen LogP contribution in [0.2, 0.25) is 0 Å². The lowest BCUT2D eigenvalue weighted by Gasteiger charge is -2.10. The largest absolute Gasteiger partial charge is 0.416 e. The molecule has 0 saturated heterocycles. The first-order valence-corrected chi connectivity index (χ1v) is 7.88. The number of nitrogens with one attached hydrogen (secondary N) is 3. The van der Waals surface area contributed by atoms with E-state index in [4.69, 9.17) is 0 Å². The maximum atomic E-state index is 12.8. The van der Waals surface area contributed by atoms with E-state index in [0.29, 0.717) is 16.7 Å². The van der Waals surface area contributed by atoms with E-state index in [1.54, 1.807) is 24.3 Å². The molecule has 4 rings (SSSR count). The molecule has 0 fully saturated rings. The van der Waals surface area contributed by atoms with Gasteiger partial charge in [-0.3, -0.25) is 0 Å². The zero-order chi connectivity index (χ0) is 19.0. The van der Waals surface area contributed by atoms with E-state index in [0.717, 1.165) is 17.7 Å². The first kappa shape index (κ1) is 16.8. The molecule has 2 aromatic heterocycles. The van der Waals surface area contributed by atoms with Crippen LogP contribution in [-0.4, -0.2) is 19.9 Å². The zero-order valence-corrected chi connectivity index (χ0v) is 13.6. The number of halogens is 3. The molecule has 0 unspecified atom stereocenters. The summed E-state index contributed by atoms with van der Waals surface area (Å²) in [6, 6.07) is 11.7. The summed E-state index contributed by atoms with van der Waals surface area (Å²) in [4.78, 5) is 25.1. The number of imidazole rings is 1. The predicted molar refractivity (Wildman–Crippen MR) is 94.7 cm³/mol. The second-order valence-electron chi connectivity index (χ2n) is 5.81. The molecule has 0 amide bonds. The Morgan fingerprint density at radius 1 is 0.963 bits per heavy atom. The van der Waals surface area contributed by atoms with Crippen molar-refractivity contribution in [3.63, 3.8) is 0 Å². The van der Waals surface area contributed by atoms with Crippen LogP contribution in [0.15, 0.2) is 59.5 Å². The van der Waals surface area contributed by atoms with Crippen LogP contribution in [0, 0.1) is 0 Å². The molecule has 0 aliphatic heterocycles. The van der Waals surface area contributed by atoms with Crippen LogP contribution in [0.1, 0.15) is 5.56 Å². The number of benzene rings is 2. The summed E-state index contributed by atoms with van der Waals surface area (Å²) in [5.74, 6) is 0.162. The molecule has 0 aliphatic rings. The summed E-state index contributed by atoms with van der Waals surface area (Å²) >= 11 is 0. The molecule has 0 aliphatic carbocycles. The molecule has 0 radical (unpaired) electrons. The molecule has 0 saturated carbocycles. The highest BCUT2D eigenvalue weighted by molar-refractivity contribution is 5.80. The number of aromatic nitrogens is 4. The standard InChI is InChI=1S/C18H12F3N5O/c19-18(20,21)11-2-1-3-12(9-11)23-16-22-7-6-13(24-16)10-4-5-14-15(8-10)26-17(27)25-14/h1-9H,(H,22,23,24)(H2,25,26,27). The highest BCUT2D eigenvalue weighted by Gasteiger charge is 2.30. The topological polar surface area (TPSA) is 86.5 Å². The van der Waals surface area contributed by atoms with Gasteiger partial charge in [-0.1, -0.05) is 12.1 Å². The van der Waals surface area contributed by atoms with Crippen molar-refractivity contribution in [3.05, 3.63) is 70.8 Å². The SMILES string of the molecule is O=c1[nH]c2ccc(-c3ccnc(Nc4cccc(C(F)(F)F)c4)n3)cc2[nH]1. The van der Waals surface area contributed by atoms with Crippen LogP contribution < -0.4 is 11.0 Å². The van der Waals surface area contributed by atoms with Crippen LogP contribution in [0.4, 0.5) is 24.8 Å². The van der Waals surface area contributed by atoms with Gasteiger partial charge in [0.15, 0.2) is 0 Å². The van der Waals surface area contributed by atoms with Crippen LogP contribution >= 0.6 is 0 Å². The van der Waals surface area contributed by atoms with Gasteiger partial charge >= 0.3 is 11.9 Å². The molecular formula is C18H12F3N5O. The molecule has 136 valence electrons. The van der Waals surface area contributed by atoms with Gasteiger partial charge in [-0.2, -0.15) is 13.2 Å². The minimum absolute atomic E-state index is 0.162. The normalized spacial score (nSPS) is 11.7. The second kappa shape index (κ2) is 6.27.